The van der Waals surface area contributed by atoms with E-state index in [0.717, 1.165) is 4.90 Å². The molecule has 0 atom stereocenters. The second-order valence-electron chi connectivity index (χ2n) is 2.66. The average Bonchev–Trinajstić information content (AvgIpc) is 2.28. The predicted octanol–water partition coefficient (Wildman–Crippen LogP) is 2.04. The van der Waals surface area contributed by atoms with Crippen LogP contribution in [0, 0.1) is 12.3 Å². The second kappa shape index (κ2) is 6.74. The fraction of sp³-hybridized carbons (Fsp3) is 0.0833. The van der Waals surface area contributed by atoms with E-state index < -0.39 is 0 Å². The number of carbonyl (C=O) groups excluding carboxylic acids is 1. The van der Waals surface area contributed by atoms with Crippen LogP contribution in [0.4, 0.5) is 0 Å². The lowest BCUT2D eigenvalue weighted by atomic mass is 10.4. The molecule has 0 saturated heterocycles. The summed E-state index contributed by atoms with van der Waals surface area (Å²) < 4.78 is 0. The van der Waals surface area contributed by atoms with E-state index in [0.29, 0.717) is 0 Å². The molecule has 0 radical (unpaired) electrons. The Labute approximate surface area is 93.8 Å². The van der Waals surface area contributed by atoms with Crippen LogP contribution in [0.15, 0.2) is 46.7 Å². The molecule has 0 unspecified atom stereocenters. The standard InChI is InChI=1S/C12H11NOS/c1-2-9-13-12(14)8-10-15-11-6-4-3-5-7-11/h1,3-8,10H,9H2,(H,13,14). The fourth-order valence-electron chi connectivity index (χ4n) is 0.871. The highest BCUT2D eigenvalue weighted by Gasteiger charge is 1.91. The molecule has 0 heterocycles. The number of hydrogen-bond donors (Lipinski definition) is 1. The Balaban J connectivity index is 2.34. The molecule has 0 aliphatic carbocycles. The molecular formula is C12H11NOS. The lowest BCUT2D eigenvalue weighted by Gasteiger charge is -1.95. The molecule has 3 heteroatoms. The molecule has 1 rings (SSSR count). The minimum absolute atomic E-state index is 0.170. The van der Waals surface area contributed by atoms with Crippen LogP contribution in [0.2, 0.25) is 0 Å². The van der Waals surface area contributed by atoms with Crippen LogP contribution in [-0.4, -0.2) is 12.5 Å². The van der Waals surface area contributed by atoms with Crippen LogP contribution in [0.3, 0.4) is 0 Å². The van der Waals surface area contributed by atoms with E-state index >= 15 is 0 Å². The first kappa shape index (κ1) is 11.4. The average molecular weight is 217 g/mol. The number of benzene rings is 1. The monoisotopic (exact) mass is 217 g/mol. The molecule has 0 spiro atoms. The van der Waals surface area contributed by atoms with Gasteiger partial charge in [-0.3, -0.25) is 4.79 Å². The smallest absolute Gasteiger partial charge is 0.245 e. The van der Waals surface area contributed by atoms with Crippen LogP contribution in [-0.2, 0) is 4.79 Å². The topological polar surface area (TPSA) is 29.1 Å². The van der Waals surface area contributed by atoms with E-state index in [2.05, 4.69) is 11.2 Å². The van der Waals surface area contributed by atoms with Gasteiger partial charge in [-0.2, -0.15) is 0 Å². The quantitative estimate of drug-likeness (QED) is 0.475. The maximum atomic E-state index is 11.1. The number of amides is 1. The number of nitrogens with one attached hydrogen (secondary N) is 1. The highest BCUT2D eigenvalue weighted by Crippen LogP contribution is 2.17. The maximum Gasteiger partial charge on any atom is 0.245 e. The Morgan fingerprint density at radius 2 is 2.20 bits per heavy atom. The van der Waals surface area contributed by atoms with Gasteiger partial charge in [0.05, 0.1) is 6.54 Å². The zero-order valence-electron chi connectivity index (χ0n) is 8.14. The highest BCUT2D eigenvalue weighted by atomic mass is 32.2. The van der Waals surface area contributed by atoms with E-state index in [1.807, 2.05) is 30.3 Å². The normalized spacial score (nSPS) is 9.80. The predicted molar refractivity (Wildman–Crippen MR) is 63.3 cm³/mol. The van der Waals surface area contributed by atoms with Crippen LogP contribution in [0.5, 0.6) is 0 Å². The summed E-state index contributed by atoms with van der Waals surface area (Å²) in [5, 5.41) is 4.28. The molecule has 15 heavy (non-hydrogen) atoms. The van der Waals surface area contributed by atoms with Crippen molar-refractivity contribution in [3.8, 4) is 12.3 Å². The van der Waals surface area contributed by atoms with Gasteiger partial charge in [0.1, 0.15) is 0 Å². The molecule has 0 aliphatic heterocycles. The summed E-state index contributed by atoms with van der Waals surface area (Å²) in [5.41, 5.74) is 0. The van der Waals surface area contributed by atoms with Crippen molar-refractivity contribution in [1.82, 2.24) is 5.32 Å². The first-order valence-electron chi connectivity index (χ1n) is 4.42. The Kier molecular flexibility index (Phi) is 5.13. The molecule has 1 amide bonds. The van der Waals surface area contributed by atoms with Crippen molar-refractivity contribution in [3.05, 3.63) is 41.8 Å². The molecular weight excluding hydrogens is 206 g/mol. The largest absolute Gasteiger partial charge is 0.342 e. The van der Waals surface area contributed by atoms with E-state index in [4.69, 9.17) is 6.42 Å². The van der Waals surface area contributed by atoms with Crippen molar-refractivity contribution in [2.45, 2.75) is 4.90 Å². The van der Waals surface area contributed by atoms with Crippen molar-refractivity contribution >= 4 is 17.7 Å². The van der Waals surface area contributed by atoms with Gasteiger partial charge in [0.15, 0.2) is 0 Å². The third-order valence-electron chi connectivity index (χ3n) is 1.53. The Morgan fingerprint density at radius 1 is 1.47 bits per heavy atom. The van der Waals surface area contributed by atoms with Gasteiger partial charge in [0.2, 0.25) is 5.91 Å². The summed E-state index contributed by atoms with van der Waals surface area (Å²) in [4.78, 5) is 12.2. The van der Waals surface area contributed by atoms with Crippen LogP contribution >= 0.6 is 11.8 Å². The number of terminal acetylenes is 1. The van der Waals surface area contributed by atoms with Crippen molar-refractivity contribution in [3.63, 3.8) is 0 Å². The third-order valence-corrected chi connectivity index (χ3v) is 2.35. The molecule has 0 saturated carbocycles. The van der Waals surface area contributed by atoms with E-state index in [1.54, 1.807) is 5.41 Å². The van der Waals surface area contributed by atoms with Gasteiger partial charge >= 0.3 is 0 Å². The Morgan fingerprint density at radius 3 is 2.87 bits per heavy atom. The zero-order chi connectivity index (χ0) is 10.9. The van der Waals surface area contributed by atoms with Crippen LogP contribution in [0.1, 0.15) is 0 Å². The second-order valence-corrected chi connectivity index (χ2v) is 3.63. The van der Waals surface area contributed by atoms with Gasteiger partial charge in [-0.05, 0) is 17.5 Å². The van der Waals surface area contributed by atoms with E-state index in [1.165, 1.54) is 17.8 Å². The zero-order valence-corrected chi connectivity index (χ0v) is 8.96. The number of rotatable bonds is 4. The summed E-state index contributed by atoms with van der Waals surface area (Å²) in [6.07, 6.45) is 6.47. The molecule has 0 aliphatic rings. The minimum atomic E-state index is -0.170. The molecule has 76 valence electrons. The molecule has 1 N–H and O–H groups in total. The fourth-order valence-corrected chi connectivity index (χ4v) is 1.53. The number of thioether (sulfide) groups is 1. The minimum Gasteiger partial charge on any atom is -0.342 e. The summed E-state index contributed by atoms with van der Waals surface area (Å²) in [6.45, 7) is 0.263. The van der Waals surface area contributed by atoms with Gasteiger partial charge in [-0.1, -0.05) is 35.9 Å². The summed E-state index contributed by atoms with van der Waals surface area (Å²) in [6, 6.07) is 9.82. The lowest BCUT2D eigenvalue weighted by molar-refractivity contribution is -0.116. The van der Waals surface area contributed by atoms with E-state index in [-0.39, 0.29) is 12.5 Å². The van der Waals surface area contributed by atoms with Crippen molar-refractivity contribution in [2.75, 3.05) is 6.54 Å². The molecule has 1 aromatic rings. The molecule has 0 aromatic heterocycles. The van der Waals surface area contributed by atoms with Crippen molar-refractivity contribution in [1.29, 1.82) is 0 Å². The van der Waals surface area contributed by atoms with Crippen LogP contribution < -0.4 is 5.32 Å². The van der Waals surface area contributed by atoms with Crippen molar-refractivity contribution in [2.24, 2.45) is 0 Å². The van der Waals surface area contributed by atoms with Gasteiger partial charge < -0.3 is 5.32 Å². The SMILES string of the molecule is C#CCNC(=O)C=CSc1ccccc1. The molecule has 0 bridgehead atoms. The number of carbonyl (C=O) groups is 1. The summed E-state index contributed by atoms with van der Waals surface area (Å²) in [5.74, 6) is 2.16. The number of hydrogen-bond acceptors (Lipinski definition) is 2. The third kappa shape index (κ3) is 4.94. The Hall–Kier alpha value is -1.66. The molecule has 2 nitrogen and oxygen atoms in total. The first-order chi connectivity index (χ1) is 7.33. The first-order valence-corrected chi connectivity index (χ1v) is 5.30. The van der Waals surface area contributed by atoms with Crippen LogP contribution in [0.25, 0.3) is 0 Å². The van der Waals surface area contributed by atoms with Gasteiger partial charge in [-0.15, -0.1) is 6.42 Å². The Bertz CT molecular complexity index is 378. The highest BCUT2D eigenvalue weighted by molar-refractivity contribution is 8.02. The van der Waals surface area contributed by atoms with E-state index in [9.17, 15) is 4.79 Å². The summed E-state index contributed by atoms with van der Waals surface area (Å²) >= 11 is 1.49. The molecule has 1 aromatic carbocycles. The maximum absolute atomic E-state index is 11.1. The summed E-state index contributed by atoms with van der Waals surface area (Å²) in [7, 11) is 0. The van der Waals surface area contributed by atoms with Crippen molar-refractivity contribution < 1.29 is 4.79 Å². The lowest BCUT2D eigenvalue weighted by Crippen LogP contribution is -2.20. The van der Waals surface area contributed by atoms with Gasteiger partial charge in [0, 0.05) is 11.0 Å². The molecule has 0 fully saturated rings. The van der Waals surface area contributed by atoms with Gasteiger partial charge in [0.25, 0.3) is 0 Å². The van der Waals surface area contributed by atoms with Gasteiger partial charge in [-0.25, -0.2) is 0 Å².